The number of carbonyl (C=O) groups is 2. The molecule has 1 atom stereocenters. The van der Waals surface area contributed by atoms with E-state index in [1.54, 1.807) is 35.2 Å². The lowest BCUT2D eigenvalue weighted by molar-refractivity contribution is 0.0602. The Labute approximate surface area is 137 Å². The van der Waals surface area contributed by atoms with E-state index in [4.69, 9.17) is 5.73 Å². The molecule has 1 amide bonds. The molecule has 1 fully saturated rings. The van der Waals surface area contributed by atoms with Crippen molar-refractivity contribution >= 4 is 28.9 Å². The number of rotatable bonds is 2. The lowest BCUT2D eigenvalue weighted by atomic mass is 9.88. The maximum atomic E-state index is 12.7. The van der Waals surface area contributed by atoms with Gasteiger partial charge in [-0.1, -0.05) is 0 Å². The number of aliphatic hydroxyl groups is 1. The minimum absolute atomic E-state index is 0.254. The number of anilines is 1. The summed E-state index contributed by atoms with van der Waals surface area (Å²) in [5.74, 6) is -0.578. The molecule has 2 aromatic rings. The van der Waals surface area contributed by atoms with Crippen molar-refractivity contribution in [2.24, 2.45) is 10.7 Å². The van der Waals surface area contributed by atoms with E-state index in [-0.39, 0.29) is 12.2 Å². The maximum Gasteiger partial charge on any atom is 0.248 e. The minimum Gasteiger partial charge on any atom is -0.374 e. The zero-order valence-corrected chi connectivity index (χ0v) is 12.6. The number of Topliss-reactive ketones (excluding diaryl/α,β-unsaturated/α-hetero) is 1. The molecular weight excluding hydrogens is 308 g/mol. The summed E-state index contributed by atoms with van der Waals surface area (Å²) in [6.07, 6.45) is 3.27. The molecule has 0 spiro atoms. The lowest BCUT2D eigenvalue weighted by Gasteiger charge is -2.29. The summed E-state index contributed by atoms with van der Waals surface area (Å²) in [6, 6.07) is 8.22. The van der Waals surface area contributed by atoms with E-state index < -0.39 is 11.5 Å². The van der Waals surface area contributed by atoms with Gasteiger partial charge in [0.05, 0.1) is 17.4 Å². The lowest BCUT2D eigenvalue weighted by Crippen LogP contribution is -2.48. The van der Waals surface area contributed by atoms with Gasteiger partial charge in [-0.2, -0.15) is 0 Å². The van der Waals surface area contributed by atoms with Crippen molar-refractivity contribution in [1.29, 1.82) is 0 Å². The minimum atomic E-state index is -1.63. The standard InChI is InChI=1S/C17H14N4O3/c18-15(23)10-1-3-11(4-2-10)21-8-6-17(24)14(22)12-5-7-19-9-13(12)20-16(17)21/h1-5,7,9,24H,6,8H2,(H2,18,23). The van der Waals surface area contributed by atoms with Crippen LogP contribution in [0.4, 0.5) is 11.4 Å². The fourth-order valence-electron chi connectivity index (χ4n) is 3.14. The van der Waals surface area contributed by atoms with E-state index in [9.17, 15) is 14.7 Å². The molecule has 7 nitrogen and oxygen atoms in total. The molecule has 3 N–H and O–H groups in total. The number of primary amides is 1. The Morgan fingerprint density at radius 3 is 2.71 bits per heavy atom. The van der Waals surface area contributed by atoms with Gasteiger partial charge in [0, 0.05) is 30.4 Å². The number of fused-ring (bicyclic) bond motifs is 2. The van der Waals surface area contributed by atoms with Gasteiger partial charge < -0.3 is 15.7 Å². The predicted molar refractivity (Wildman–Crippen MR) is 87.5 cm³/mol. The molecule has 0 aliphatic carbocycles. The van der Waals surface area contributed by atoms with Crippen LogP contribution >= 0.6 is 0 Å². The summed E-state index contributed by atoms with van der Waals surface area (Å²) in [4.78, 5) is 34.1. The third-order valence-electron chi connectivity index (χ3n) is 4.43. The average molecular weight is 322 g/mol. The first-order valence-corrected chi connectivity index (χ1v) is 7.48. The molecule has 0 bridgehead atoms. The molecule has 120 valence electrons. The monoisotopic (exact) mass is 322 g/mol. The molecule has 2 aliphatic rings. The highest BCUT2D eigenvalue weighted by molar-refractivity contribution is 6.28. The maximum absolute atomic E-state index is 12.7. The second kappa shape index (κ2) is 4.97. The zero-order valence-electron chi connectivity index (χ0n) is 12.6. The van der Waals surface area contributed by atoms with Crippen LogP contribution in [0.3, 0.4) is 0 Å². The smallest absolute Gasteiger partial charge is 0.248 e. The van der Waals surface area contributed by atoms with Gasteiger partial charge in [-0.15, -0.1) is 0 Å². The molecule has 4 rings (SSSR count). The Morgan fingerprint density at radius 1 is 1.25 bits per heavy atom. The number of nitrogens with two attached hydrogens (primary N) is 1. The topological polar surface area (TPSA) is 109 Å². The third-order valence-corrected chi connectivity index (χ3v) is 4.43. The van der Waals surface area contributed by atoms with Gasteiger partial charge in [0.1, 0.15) is 5.84 Å². The molecule has 1 saturated heterocycles. The number of carbonyl (C=O) groups excluding carboxylic acids is 2. The predicted octanol–water partition coefficient (Wildman–Crippen LogP) is 1.05. The third kappa shape index (κ3) is 1.95. The van der Waals surface area contributed by atoms with Crippen LogP contribution in [0.5, 0.6) is 0 Å². The van der Waals surface area contributed by atoms with E-state index in [0.717, 1.165) is 5.69 Å². The van der Waals surface area contributed by atoms with Crippen molar-refractivity contribution in [3.63, 3.8) is 0 Å². The summed E-state index contributed by atoms with van der Waals surface area (Å²) in [5.41, 5.74) is 5.57. The van der Waals surface area contributed by atoms with Crippen LogP contribution < -0.4 is 10.6 Å². The molecule has 24 heavy (non-hydrogen) atoms. The van der Waals surface area contributed by atoms with E-state index in [2.05, 4.69) is 9.98 Å². The van der Waals surface area contributed by atoms with Gasteiger partial charge in [-0.3, -0.25) is 14.6 Å². The summed E-state index contributed by atoms with van der Waals surface area (Å²) >= 11 is 0. The van der Waals surface area contributed by atoms with Crippen molar-refractivity contribution in [2.45, 2.75) is 12.0 Å². The van der Waals surface area contributed by atoms with E-state index in [1.165, 1.54) is 12.4 Å². The van der Waals surface area contributed by atoms with Crippen LogP contribution in [-0.2, 0) is 0 Å². The van der Waals surface area contributed by atoms with Crippen molar-refractivity contribution < 1.29 is 14.7 Å². The molecule has 7 heteroatoms. The molecule has 1 unspecified atom stereocenters. The highest BCUT2D eigenvalue weighted by Crippen LogP contribution is 2.38. The van der Waals surface area contributed by atoms with E-state index in [1.807, 2.05) is 0 Å². The number of benzene rings is 1. The summed E-state index contributed by atoms with van der Waals surface area (Å²) in [5, 5.41) is 10.9. The average Bonchev–Trinajstić information content (AvgIpc) is 2.93. The molecule has 0 saturated carbocycles. The molecule has 1 aromatic carbocycles. The van der Waals surface area contributed by atoms with Crippen LogP contribution in [0.2, 0.25) is 0 Å². The van der Waals surface area contributed by atoms with Gasteiger partial charge in [0.25, 0.3) is 0 Å². The largest absolute Gasteiger partial charge is 0.374 e. The highest BCUT2D eigenvalue weighted by Gasteiger charge is 2.52. The van der Waals surface area contributed by atoms with E-state index in [0.29, 0.717) is 29.2 Å². The Balaban J connectivity index is 1.79. The number of nitrogens with zero attached hydrogens (tertiary/aromatic N) is 3. The Bertz CT molecular complexity index is 891. The molecule has 3 heterocycles. The summed E-state index contributed by atoms with van der Waals surface area (Å²) in [7, 11) is 0. The van der Waals surface area contributed by atoms with Crippen LogP contribution in [0.25, 0.3) is 0 Å². The van der Waals surface area contributed by atoms with Crippen LogP contribution in [-0.4, -0.2) is 39.8 Å². The first kappa shape index (κ1) is 14.5. The molecular formula is C17H14N4O3. The number of ketones is 1. The van der Waals surface area contributed by atoms with Crippen molar-refractivity contribution in [2.75, 3.05) is 11.4 Å². The van der Waals surface area contributed by atoms with Crippen LogP contribution in [0, 0.1) is 0 Å². The van der Waals surface area contributed by atoms with Crippen LogP contribution in [0.1, 0.15) is 27.1 Å². The molecule has 2 aliphatic heterocycles. The SMILES string of the molecule is NC(=O)c1ccc(N2CCC3(O)C(=O)c4ccncc4N=C23)cc1. The summed E-state index contributed by atoms with van der Waals surface area (Å²) < 4.78 is 0. The van der Waals surface area contributed by atoms with E-state index >= 15 is 0 Å². The summed E-state index contributed by atoms with van der Waals surface area (Å²) in [6.45, 7) is 0.443. The molecule has 0 radical (unpaired) electrons. The second-order valence-electron chi connectivity index (χ2n) is 5.83. The Kier molecular flexibility index (Phi) is 3.01. The first-order valence-electron chi connectivity index (χ1n) is 7.48. The number of pyridine rings is 1. The van der Waals surface area contributed by atoms with Gasteiger partial charge in [-0.05, 0) is 30.3 Å². The second-order valence-corrected chi connectivity index (χ2v) is 5.83. The fourth-order valence-corrected chi connectivity index (χ4v) is 3.14. The van der Waals surface area contributed by atoms with Gasteiger partial charge >= 0.3 is 0 Å². The molecule has 1 aromatic heterocycles. The van der Waals surface area contributed by atoms with Crippen molar-refractivity contribution in [1.82, 2.24) is 4.98 Å². The van der Waals surface area contributed by atoms with Crippen molar-refractivity contribution in [3.05, 3.63) is 53.9 Å². The fraction of sp³-hybridized carbons (Fsp3) is 0.176. The van der Waals surface area contributed by atoms with Gasteiger partial charge in [0.15, 0.2) is 5.60 Å². The van der Waals surface area contributed by atoms with Gasteiger partial charge in [0.2, 0.25) is 11.7 Å². The number of amides is 1. The number of aromatic nitrogens is 1. The Hall–Kier alpha value is -3.06. The number of aliphatic imine (C=N–C) groups is 1. The number of hydrogen-bond donors (Lipinski definition) is 2. The number of amidine groups is 1. The zero-order chi connectivity index (χ0) is 16.9. The number of hydrogen-bond acceptors (Lipinski definition) is 6. The quantitative estimate of drug-likeness (QED) is 0.859. The van der Waals surface area contributed by atoms with Crippen LogP contribution in [0.15, 0.2) is 47.7 Å². The normalized spacial score (nSPS) is 22.0. The Morgan fingerprint density at radius 2 is 2.00 bits per heavy atom. The first-order chi connectivity index (χ1) is 11.5. The highest BCUT2D eigenvalue weighted by atomic mass is 16.3. The van der Waals surface area contributed by atoms with Gasteiger partial charge in [-0.25, -0.2) is 4.99 Å². The van der Waals surface area contributed by atoms with Crippen molar-refractivity contribution in [3.8, 4) is 0 Å².